The first-order valence-electron chi connectivity index (χ1n) is 7.38. The number of rotatable bonds is 7. The second-order valence-electron chi connectivity index (χ2n) is 5.02. The van der Waals surface area contributed by atoms with Crippen molar-refractivity contribution in [1.82, 2.24) is 9.62 Å². The Morgan fingerprint density at radius 3 is 2.36 bits per heavy atom. The number of carbonyl (C=O) groups is 1. The molecule has 7 heteroatoms. The molecule has 22 heavy (non-hydrogen) atoms. The molecule has 0 aliphatic rings. The van der Waals surface area contributed by atoms with Crippen molar-refractivity contribution in [3.63, 3.8) is 0 Å². The van der Waals surface area contributed by atoms with Crippen LogP contribution >= 0.6 is 11.6 Å². The van der Waals surface area contributed by atoms with Crippen LogP contribution in [0.2, 0.25) is 5.02 Å². The maximum absolute atomic E-state index is 12.6. The van der Waals surface area contributed by atoms with Crippen LogP contribution in [0.4, 0.5) is 0 Å². The fraction of sp³-hybridized carbons (Fsp3) is 0.533. The van der Waals surface area contributed by atoms with Crippen molar-refractivity contribution in [2.75, 3.05) is 13.1 Å². The molecule has 1 atom stereocenters. The van der Waals surface area contributed by atoms with E-state index in [-0.39, 0.29) is 27.4 Å². The zero-order valence-corrected chi connectivity index (χ0v) is 15.0. The average molecular weight is 347 g/mol. The van der Waals surface area contributed by atoms with Gasteiger partial charge in [0, 0.05) is 24.7 Å². The van der Waals surface area contributed by atoms with Crippen molar-refractivity contribution in [1.29, 1.82) is 0 Å². The van der Waals surface area contributed by atoms with Crippen LogP contribution < -0.4 is 5.32 Å². The molecule has 0 saturated carbocycles. The minimum Gasteiger partial charge on any atom is -0.350 e. The molecule has 0 fully saturated rings. The first kappa shape index (κ1) is 18.9. The first-order valence-corrected chi connectivity index (χ1v) is 9.20. The molecule has 0 bridgehead atoms. The normalized spacial score (nSPS) is 13.2. The van der Waals surface area contributed by atoms with Crippen LogP contribution in [0.15, 0.2) is 23.1 Å². The summed E-state index contributed by atoms with van der Waals surface area (Å²) in [7, 11) is -3.70. The molecule has 1 N–H and O–H groups in total. The zero-order valence-electron chi connectivity index (χ0n) is 13.4. The van der Waals surface area contributed by atoms with E-state index in [1.165, 1.54) is 22.5 Å². The van der Waals surface area contributed by atoms with Crippen LogP contribution in [-0.2, 0) is 10.0 Å². The van der Waals surface area contributed by atoms with Crippen LogP contribution in [0.5, 0.6) is 0 Å². The van der Waals surface area contributed by atoms with Crippen LogP contribution in [0, 0.1) is 0 Å². The lowest BCUT2D eigenvalue weighted by molar-refractivity contribution is 0.0939. The Kier molecular flexibility index (Phi) is 6.84. The first-order chi connectivity index (χ1) is 10.3. The molecule has 0 aromatic heterocycles. The maximum Gasteiger partial charge on any atom is 0.251 e. The van der Waals surface area contributed by atoms with E-state index in [1.807, 2.05) is 13.8 Å². The lowest BCUT2D eigenvalue weighted by Crippen LogP contribution is -2.33. The SMILES string of the molecule is CCC(C)NC(=O)c1ccc(Cl)c(S(=O)(=O)N(CC)CC)c1. The molecular weight excluding hydrogens is 324 g/mol. The number of hydrogen-bond acceptors (Lipinski definition) is 3. The van der Waals surface area contributed by atoms with Crippen molar-refractivity contribution in [2.24, 2.45) is 0 Å². The van der Waals surface area contributed by atoms with Crippen LogP contribution in [0.25, 0.3) is 0 Å². The molecule has 0 saturated heterocycles. The van der Waals surface area contributed by atoms with Gasteiger partial charge in [-0.3, -0.25) is 4.79 Å². The van der Waals surface area contributed by atoms with E-state index >= 15 is 0 Å². The van der Waals surface area contributed by atoms with Gasteiger partial charge in [-0.2, -0.15) is 4.31 Å². The van der Waals surface area contributed by atoms with Crippen molar-refractivity contribution >= 4 is 27.5 Å². The second-order valence-corrected chi connectivity index (χ2v) is 7.33. The largest absolute Gasteiger partial charge is 0.350 e. The molecule has 1 amide bonds. The van der Waals surface area contributed by atoms with Gasteiger partial charge in [0.15, 0.2) is 0 Å². The summed E-state index contributed by atoms with van der Waals surface area (Å²) in [6.07, 6.45) is 0.796. The summed E-state index contributed by atoms with van der Waals surface area (Å²) in [4.78, 5) is 12.1. The Morgan fingerprint density at radius 2 is 1.86 bits per heavy atom. The van der Waals surface area contributed by atoms with E-state index in [0.29, 0.717) is 13.1 Å². The molecule has 0 heterocycles. The van der Waals surface area contributed by atoms with Gasteiger partial charge in [-0.05, 0) is 31.5 Å². The molecular formula is C15H23ClN2O3S. The number of benzene rings is 1. The summed E-state index contributed by atoms with van der Waals surface area (Å²) in [6, 6.07) is 4.34. The zero-order chi connectivity index (χ0) is 16.9. The molecule has 0 aliphatic heterocycles. The quantitative estimate of drug-likeness (QED) is 0.825. The van der Waals surface area contributed by atoms with Gasteiger partial charge in [-0.25, -0.2) is 8.42 Å². The standard InChI is InChI=1S/C15H23ClN2O3S/c1-5-11(4)17-15(19)12-8-9-13(16)14(10-12)22(20,21)18(6-2)7-3/h8-11H,5-7H2,1-4H3,(H,17,19). The number of hydrogen-bond donors (Lipinski definition) is 1. The van der Waals surface area contributed by atoms with Gasteiger partial charge in [-0.1, -0.05) is 32.4 Å². The van der Waals surface area contributed by atoms with Gasteiger partial charge in [0.1, 0.15) is 4.90 Å². The van der Waals surface area contributed by atoms with Gasteiger partial charge in [0.25, 0.3) is 5.91 Å². The Morgan fingerprint density at radius 1 is 1.27 bits per heavy atom. The molecule has 124 valence electrons. The number of amides is 1. The molecule has 0 spiro atoms. The highest BCUT2D eigenvalue weighted by atomic mass is 35.5. The Labute approximate surface area is 137 Å². The maximum atomic E-state index is 12.6. The Bertz CT molecular complexity index is 628. The lowest BCUT2D eigenvalue weighted by atomic mass is 10.2. The summed E-state index contributed by atoms with van der Waals surface area (Å²) in [5.41, 5.74) is 0.287. The summed E-state index contributed by atoms with van der Waals surface area (Å²) < 4.78 is 26.5. The smallest absolute Gasteiger partial charge is 0.251 e. The molecule has 5 nitrogen and oxygen atoms in total. The van der Waals surface area contributed by atoms with E-state index in [9.17, 15) is 13.2 Å². The van der Waals surface area contributed by atoms with Gasteiger partial charge in [-0.15, -0.1) is 0 Å². The highest BCUT2D eigenvalue weighted by molar-refractivity contribution is 7.89. The molecule has 0 radical (unpaired) electrons. The second kappa shape index (κ2) is 7.94. The fourth-order valence-corrected chi connectivity index (χ4v) is 3.91. The number of nitrogens with one attached hydrogen (secondary N) is 1. The summed E-state index contributed by atoms with van der Waals surface area (Å²) in [5, 5.41) is 2.93. The van der Waals surface area contributed by atoms with Gasteiger partial charge in [0.05, 0.1) is 5.02 Å². The molecule has 1 unspecified atom stereocenters. The third-order valence-electron chi connectivity index (χ3n) is 3.51. The predicted octanol–water partition coefficient (Wildman–Crippen LogP) is 2.90. The number of halogens is 1. The third kappa shape index (κ3) is 4.21. The molecule has 1 rings (SSSR count). The third-order valence-corrected chi connectivity index (χ3v) is 6.04. The lowest BCUT2D eigenvalue weighted by Gasteiger charge is -2.20. The monoisotopic (exact) mass is 346 g/mol. The van der Waals surface area contributed by atoms with Gasteiger partial charge >= 0.3 is 0 Å². The van der Waals surface area contributed by atoms with E-state index in [2.05, 4.69) is 5.32 Å². The van der Waals surface area contributed by atoms with Crippen LogP contribution in [0.3, 0.4) is 0 Å². The van der Waals surface area contributed by atoms with E-state index in [0.717, 1.165) is 6.42 Å². The number of carbonyl (C=O) groups excluding carboxylic acids is 1. The summed E-state index contributed by atoms with van der Waals surface area (Å²) in [5.74, 6) is -0.304. The Hall–Kier alpha value is -1.11. The fourth-order valence-electron chi connectivity index (χ4n) is 1.95. The van der Waals surface area contributed by atoms with Crippen LogP contribution in [-0.4, -0.2) is 37.8 Å². The number of nitrogens with zero attached hydrogens (tertiary/aromatic N) is 1. The minimum absolute atomic E-state index is 0.0195. The molecule has 1 aromatic rings. The molecule has 0 aliphatic carbocycles. The number of sulfonamides is 1. The van der Waals surface area contributed by atoms with Crippen molar-refractivity contribution in [2.45, 2.75) is 45.1 Å². The predicted molar refractivity (Wildman–Crippen MR) is 88.8 cm³/mol. The van der Waals surface area contributed by atoms with Crippen LogP contribution in [0.1, 0.15) is 44.5 Å². The van der Waals surface area contributed by atoms with Gasteiger partial charge in [0.2, 0.25) is 10.0 Å². The highest BCUT2D eigenvalue weighted by Crippen LogP contribution is 2.26. The minimum atomic E-state index is -3.70. The Balaban J connectivity index is 3.23. The van der Waals surface area contributed by atoms with E-state index in [4.69, 9.17) is 11.6 Å². The topological polar surface area (TPSA) is 66.5 Å². The van der Waals surface area contributed by atoms with E-state index in [1.54, 1.807) is 13.8 Å². The summed E-state index contributed by atoms with van der Waals surface area (Å²) >= 11 is 6.04. The summed E-state index contributed by atoms with van der Waals surface area (Å²) in [6.45, 7) is 8.06. The average Bonchev–Trinajstić information content (AvgIpc) is 2.48. The van der Waals surface area contributed by atoms with Gasteiger partial charge < -0.3 is 5.32 Å². The van der Waals surface area contributed by atoms with Crippen molar-refractivity contribution in [3.8, 4) is 0 Å². The highest BCUT2D eigenvalue weighted by Gasteiger charge is 2.25. The van der Waals surface area contributed by atoms with E-state index < -0.39 is 10.0 Å². The van der Waals surface area contributed by atoms with Crippen molar-refractivity contribution in [3.05, 3.63) is 28.8 Å². The molecule has 1 aromatic carbocycles. The van der Waals surface area contributed by atoms with Crippen molar-refractivity contribution < 1.29 is 13.2 Å².